The molecule has 0 aromatic heterocycles. The average Bonchev–Trinajstić information content (AvgIpc) is 2.56. The maximum atomic E-state index is 12.5. The molecule has 1 heterocycles. The summed E-state index contributed by atoms with van der Waals surface area (Å²) in [7, 11) is 0. The molecule has 0 aliphatic carbocycles. The molecule has 0 bridgehead atoms. The molecule has 0 radical (unpaired) electrons. The van der Waals surface area contributed by atoms with Crippen LogP contribution < -0.4 is 5.73 Å². The molecule has 1 amide bonds. The van der Waals surface area contributed by atoms with Crippen LogP contribution in [0.25, 0.3) is 0 Å². The van der Waals surface area contributed by atoms with Crippen molar-refractivity contribution >= 4 is 6.09 Å². The SMILES string of the molecule is NC(=O)OC[C@@H](C(F)F)[C@@H]1C=CCO1. The quantitative estimate of drug-likeness (QED) is 0.697. The Morgan fingerprint density at radius 1 is 1.71 bits per heavy atom. The largest absolute Gasteiger partial charge is 0.449 e. The average molecular weight is 207 g/mol. The van der Waals surface area contributed by atoms with Crippen LogP contribution in [0.1, 0.15) is 0 Å². The van der Waals surface area contributed by atoms with Crippen molar-refractivity contribution < 1.29 is 23.0 Å². The van der Waals surface area contributed by atoms with Gasteiger partial charge in [-0.25, -0.2) is 13.6 Å². The Bertz CT molecular complexity index is 233. The zero-order valence-corrected chi connectivity index (χ0v) is 7.36. The molecule has 80 valence electrons. The van der Waals surface area contributed by atoms with Crippen LogP contribution in [0.4, 0.5) is 13.6 Å². The Morgan fingerprint density at radius 3 is 2.86 bits per heavy atom. The molecule has 0 aromatic carbocycles. The van der Waals surface area contributed by atoms with Crippen LogP contribution in [-0.4, -0.2) is 31.8 Å². The molecule has 0 spiro atoms. The number of halogens is 2. The van der Waals surface area contributed by atoms with Crippen molar-refractivity contribution in [3.05, 3.63) is 12.2 Å². The van der Waals surface area contributed by atoms with Gasteiger partial charge in [0.2, 0.25) is 6.43 Å². The number of amides is 1. The van der Waals surface area contributed by atoms with Gasteiger partial charge in [-0.1, -0.05) is 12.2 Å². The Labute approximate surface area is 79.7 Å². The van der Waals surface area contributed by atoms with Crippen molar-refractivity contribution in [2.24, 2.45) is 11.7 Å². The molecule has 0 saturated heterocycles. The molecule has 0 aromatic rings. The van der Waals surface area contributed by atoms with E-state index < -0.39 is 31.1 Å². The summed E-state index contributed by atoms with van der Waals surface area (Å²) in [6.07, 6.45) is -1.19. The minimum Gasteiger partial charge on any atom is -0.449 e. The zero-order valence-electron chi connectivity index (χ0n) is 7.36. The van der Waals surface area contributed by atoms with Crippen LogP contribution in [0, 0.1) is 5.92 Å². The third-order valence-electron chi connectivity index (χ3n) is 1.87. The van der Waals surface area contributed by atoms with E-state index in [-0.39, 0.29) is 0 Å². The fourth-order valence-corrected chi connectivity index (χ4v) is 1.17. The van der Waals surface area contributed by atoms with Crippen molar-refractivity contribution in [1.29, 1.82) is 0 Å². The normalized spacial score (nSPS) is 22.6. The van der Waals surface area contributed by atoms with Crippen molar-refractivity contribution in [2.75, 3.05) is 13.2 Å². The van der Waals surface area contributed by atoms with Gasteiger partial charge >= 0.3 is 6.09 Å². The van der Waals surface area contributed by atoms with Gasteiger partial charge in [0.15, 0.2) is 0 Å². The summed E-state index contributed by atoms with van der Waals surface area (Å²) < 4.78 is 34.2. The van der Waals surface area contributed by atoms with Crippen molar-refractivity contribution in [3.63, 3.8) is 0 Å². The number of hydrogen-bond acceptors (Lipinski definition) is 3. The smallest absolute Gasteiger partial charge is 0.404 e. The highest BCUT2D eigenvalue weighted by Gasteiger charge is 2.31. The highest BCUT2D eigenvalue weighted by molar-refractivity contribution is 5.64. The van der Waals surface area contributed by atoms with E-state index >= 15 is 0 Å². The minimum absolute atomic E-state index is 0.310. The van der Waals surface area contributed by atoms with Gasteiger partial charge in [-0.2, -0.15) is 0 Å². The summed E-state index contributed by atoms with van der Waals surface area (Å²) in [4.78, 5) is 10.2. The first-order valence-electron chi connectivity index (χ1n) is 4.10. The van der Waals surface area contributed by atoms with Gasteiger partial charge in [0, 0.05) is 0 Å². The molecule has 0 saturated carbocycles. The number of carbonyl (C=O) groups excluding carboxylic acids is 1. The molecule has 14 heavy (non-hydrogen) atoms. The molecule has 1 aliphatic rings. The second kappa shape index (κ2) is 4.90. The number of alkyl halides is 2. The zero-order chi connectivity index (χ0) is 10.6. The van der Waals surface area contributed by atoms with E-state index in [2.05, 4.69) is 10.5 Å². The third kappa shape index (κ3) is 2.95. The summed E-state index contributed by atoms with van der Waals surface area (Å²) in [6.45, 7) is -0.119. The maximum Gasteiger partial charge on any atom is 0.404 e. The Kier molecular flexibility index (Phi) is 3.82. The summed E-state index contributed by atoms with van der Waals surface area (Å²) in [5, 5.41) is 0. The monoisotopic (exact) mass is 207 g/mol. The number of rotatable bonds is 4. The van der Waals surface area contributed by atoms with Gasteiger partial charge < -0.3 is 15.2 Å². The fraction of sp³-hybridized carbons (Fsp3) is 0.625. The molecule has 0 unspecified atom stereocenters. The molecule has 1 rings (SSSR count). The molecule has 0 fully saturated rings. The number of ether oxygens (including phenoxy) is 2. The molecule has 6 heteroatoms. The number of nitrogens with two attached hydrogens (primary N) is 1. The second-order valence-corrected chi connectivity index (χ2v) is 2.85. The first-order chi connectivity index (χ1) is 6.61. The van der Waals surface area contributed by atoms with E-state index in [4.69, 9.17) is 4.74 Å². The predicted octanol–water partition coefficient (Wildman–Crippen LogP) is 0.918. The van der Waals surface area contributed by atoms with Gasteiger partial charge in [0.25, 0.3) is 0 Å². The molecular formula is C8H11F2NO3. The lowest BCUT2D eigenvalue weighted by atomic mass is 10.0. The van der Waals surface area contributed by atoms with Gasteiger partial charge in [0.05, 0.1) is 18.6 Å². The minimum atomic E-state index is -2.61. The van der Waals surface area contributed by atoms with Crippen LogP contribution in [0.15, 0.2) is 12.2 Å². The first-order valence-corrected chi connectivity index (χ1v) is 4.10. The molecular weight excluding hydrogens is 196 g/mol. The third-order valence-corrected chi connectivity index (χ3v) is 1.87. The fourth-order valence-electron chi connectivity index (χ4n) is 1.17. The Balaban J connectivity index is 2.46. The summed E-state index contributed by atoms with van der Waals surface area (Å²) >= 11 is 0. The lowest BCUT2D eigenvalue weighted by Gasteiger charge is -2.20. The van der Waals surface area contributed by atoms with E-state index in [1.165, 1.54) is 6.08 Å². The number of carbonyl (C=O) groups is 1. The van der Waals surface area contributed by atoms with E-state index in [0.717, 1.165) is 0 Å². The predicted molar refractivity (Wildman–Crippen MR) is 43.9 cm³/mol. The van der Waals surface area contributed by atoms with E-state index in [9.17, 15) is 13.6 Å². The molecule has 2 N–H and O–H groups in total. The molecule has 2 atom stereocenters. The van der Waals surface area contributed by atoms with Crippen LogP contribution in [-0.2, 0) is 9.47 Å². The van der Waals surface area contributed by atoms with Crippen LogP contribution in [0.2, 0.25) is 0 Å². The second-order valence-electron chi connectivity index (χ2n) is 2.85. The highest BCUT2D eigenvalue weighted by atomic mass is 19.3. The summed E-state index contributed by atoms with van der Waals surface area (Å²) in [6, 6.07) is 0. The highest BCUT2D eigenvalue weighted by Crippen LogP contribution is 2.21. The lowest BCUT2D eigenvalue weighted by molar-refractivity contribution is -0.0365. The van der Waals surface area contributed by atoms with E-state index in [1.807, 2.05) is 0 Å². The van der Waals surface area contributed by atoms with E-state index in [1.54, 1.807) is 6.08 Å². The molecule has 1 aliphatic heterocycles. The molecule has 4 nitrogen and oxygen atoms in total. The summed E-state index contributed by atoms with van der Waals surface area (Å²) in [5.74, 6) is -1.15. The van der Waals surface area contributed by atoms with E-state index in [0.29, 0.717) is 6.61 Å². The topological polar surface area (TPSA) is 61.6 Å². The Hall–Kier alpha value is -1.17. The van der Waals surface area contributed by atoms with Crippen molar-refractivity contribution in [1.82, 2.24) is 0 Å². The first kappa shape index (κ1) is 10.9. The van der Waals surface area contributed by atoms with Gasteiger partial charge in [0.1, 0.15) is 6.61 Å². The summed E-state index contributed by atoms with van der Waals surface area (Å²) in [5.41, 5.74) is 4.67. The van der Waals surface area contributed by atoms with Gasteiger partial charge in [-0.3, -0.25) is 0 Å². The number of primary amides is 1. The standard InChI is InChI=1S/C8H11F2NO3/c9-7(10)5(4-14-8(11)12)6-2-1-3-13-6/h1-2,5-7H,3-4H2,(H2,11,12)/t5-,6+/m1/s1. The maximum absolute atomic E-state index is 12.5. The van der Waals surface area contributed by atoms with Gasteiger partial charge in [-0.05, 0) is 0 Å². The Morgan fingerprint density at radius 2 is 2.43 bits per heavy atom. The van der Waals surface area contributed by atoms with Gasteiger partial charge in [-0.15, -0.1) is 0 Å². The van der Waals surface area contributed by atoms with Crippen molar-refractivity contribution in [3.8, 4) is 0 Å². The van der Waals surface area contributed by atoms with Crippen molar-refractivity contribution in [2.45, 2.75) is 12.5 Å². The lowest BCUT2D eigenvalue weighted by Crippen LogP contribution is -2.32. The van der Waals surface area contributed by atoms with Crippen LogP contribution in [0.3, 0.4) is 0 Å². The van der Waals surface area contributed by atoms with Crippen LogP contribution >= 0.6 is 0 Å². The number of hydrogen-bond donors (Lipinski definition) is 1. The van der Waals surface area contributed by atoms with Crippen LogP contribution in [0.5, 0.6) is 0 Å².